The summed E-state index contributed by atoms with van der Waals surface area (Å²) in [6.45, 7) is 2.53. The normalized spacial score (nSPS) is 20.2. The lowest BCUT2D eigenvalue weighted by atomic mass is 10.1. The number of nitrogens with zero attached hydrogens (tertiary/aromatic N) is 1. The molecule has 19 heavy (non-hydrogen) atoms. The second kappa shape index (κ2) is 6.38. The molecule has 2 nitrogen and oxygen atoms in total. The van der Waals surface area contributed by atoms with Crippen molar-refractivity contribution in [3.63, 3.8) is 0 Å². The van der Waals surface area contributed by atoms with E-state index in [-0.39, 0.29) is 17.5 Å². The Balaban J connectivity index is 2.27. The third-order valence-electron chi connectivity index (χ3n) is 3.67. The molecule has 1 heterocycles. The quantitative estimate of drug-likeness (QED) is 0.757. The molecule has 0 saturated carbocycles. The Morgan fingerprint density at radius 3 is 2.95 bits per heavy atom. The van der Waals surface area contributed by atoms with Crippen LogP contribution in [0.5, 0.6) is 0 Å². The maximum absolute atomic E-state index is 13.8. The van der Waals surface area contributed by atoms with Gasteiger partial charge in [-0.05, 0) is 31.9 Å². The van der Waals surface area contributed by atoms with Crippen LogP contribution in [0.1, 0.15) is 41.6 Å². The van der Waals surface area contributed by atoms with E-state index < -0.39 is 5.82 Å². The second-order valence-corrected chi connectivity index (χ2v) is 5.45. The monoisotopic (exact) mass is 283 g/mol. The maximum Gasteiger partial charge on any atom is 0.257 e. The van der Waals surface area contributed by atoms with E-state index >= 15 is 0 Å². The largest absolute Gasteiger partial charge is 0.334 e. The average Bonchev–Trinajstić information content (AvgIpc) is 2.65. The molecule has 104 valence electrons. The lowest BCUT2D eigenvalue weighted by molar-refractivity contribution is 0.0695. The van der Waals surface area contributed by atoms with Gasteiger partial charge >= 0.3 is 0 Å². The first-order chi connectivity index (χ1) is 9.13. The number of hydrogen-bond donors (Lipinski definition) is 0. The summed E-state index contributed by atoms with van der Waals surface area (Å²) < 4.78 is 13.8. The number of alkyl halides is 1. The van der Waals surface area contributed by atoms with Crippen LogP contribution in [0.15, 0.2) is 18.2 Å². The second-order valence-electron chi connectivity index (χ2n) is 5.14. The van der Waals surface area contributed by atoms with Gasteiger partial charge in [0.15, 0.2) is 0 Å². The summed E-state index contributed by atoms with van der Waals surface area (Å²) in [5, 5.41) is 0. The number of aryl methyl sites for hydroxylation is 1. The number of hydrogen-bond acceptors (Lipinski definition) is 1. The van der Waals surface area contributed by atoms with Crippen molar-refractivity contribution >= 4 is 17.5 Å². The fourth-order valence-electron chi connectivity index (χ4n) is 2.56. The number of halogens is 2. The first kappa shape index (κ1) is 14.3. The molecule has 0 aliphatic carbocycles. The van der Waals surface area contributed by atoms with E-state index in [2.05, 4.69) is 0 Å². The minimum Gasteiger partial charge on any atom is -0.334 e. The SMILES string of the molecule is Cc1ccc(F)c(C(=O)N2CCCCCC2CCl)c1. The van der Waals surface area contributed by atoms with Crippen LogP contribution in [0.2, 0.25) is 0 Å². The van der Waals surface area contributed by atoms with E-state index in [1.54, 1.807) is 17.0 Å². The summed E-state index contributed by atoms with van der Waals surface area (Å²) in [5.41, 5.74) is 1.05. The summed E-state index contributed by atoms with van der Waals surface area (Å²) in [5.74, 6) is -0.263. The molecule has 0 N–H and O–H groups in total. The van der Waals surface area contributed by atoms with Crippen LogP contribution in [-0.2, 0) is 0 Å². The number of carbonyl (C=O) groups excluding carboxylic acids is 1. The smallest absolute Gasteiger partial charge is 0.257 e. The van der Waals surface area contributed by atoms with Gasteiger partial charge in [0, 0.05) is 18.5 Å². The summed E-state index contributed by atoms with van der Waals surface area (Å²) in [6.07, 6.45) is 4.06. The van der Waals surface area contributed by atoms with E-state index in [0.717, 1.165) is 31.2 Å². The van der Waals surface area contributed by atoms with E-state index in [4.69, 9.17) is 11.6 Å². The molecular weight excluding hydrogens is 265 g/mol. The zero-order valence-electron chi connectivity index (χ0n) is 11.2. The molecule has 1 unspecified atom stereocenters. The fraction of sp³-hybridized carbons (Fsp3) is 0.533. The van der Waals surface area contributed by atoms with Crippen LogP contribution in [0.25, 0.3) is 0 Å². The number of likely N-dealkylation sites (tertiary alicyclic amines) is 1. The number of benzene rings is 1. The van der Waals surface area contributed by atoms with E-state index in [1.165, 1.54) is 6.07 Å². The Hall–Kier alpha value is -1.09. The lowest BCUT2D eigenvalue weighted by Crippen LogP contribution is -2.41. The van der Waals surface area contributed by atoms with Crippen molar-refractivity contribution < 1.29 is 9.18 Å². The van der Waals surface area contributed by atoms with Gasteiger partial charge < -0.3 is 4.90 Å². The third-order valence-corrected chi connectivity index (χ3v) is 4.02. The molecule has 1 aromatic rings. The Labute approximate surface area is 118 Å². The van der Waals surface area contributed by atoms with Gasteiger partial charge in [-0.1, -0.05) is 24.5 Å². The Morgan fingerprint density at radius 1 is 1.42 bits per heavy atom. The van der Waals surface area contributed by atoms with Crippen LogP contribution in [0.3, 0.4) is 0 Å². The third kappa shape index (κ3) is 3.27. The van der Waals surface area contributed by atoms with Crippen LogP contribution in [-0.4, -0.2) is 29.3 Å². The molecule has 1 aliphatic heterocycles. The molecule has 4 heteroatoms. The molecule has 1 saturated heterocycles. The lowest BCUT2D eigenvalue weighted by Gasteiger charge is -2.28. The van der Waals surface area contributed by atoms with E-state index in [0.29, 0.717) is 12.4 Å². The van der Waals surface area contributed by atoms with E-state index in [1.807, 2.05) is 6.92 Å². The van der Waals surface area contributed by atoms with Gasteiger partial charge in [0.05, 0.1) is 5.56 Å². The van der Waals surface area contributed by atoms with Gasteiger partial charge in [-0.25, -0.2) is 4.39 Å². The Morgan fingerprint density at radius 2 is 2.21 bits per heavy atom. The molecule has 0 bridgehead atoms. The molecule has 0 radical (unpaired) electrons. The van der Waals surface area contributed by atoms with Gasteiger partial charge in [0.1, 0.15) is 5.82 Å². The number of rotatable bonds is 2. The fourth-order valence-corrected chi connectivity index (χ4v) is 2.88. The van der Waals surface area contributed by atoms with Crippen LogP contribution >= 0.6 is 11.6 Å². The van der Waals surface area contributed by atoms with Crippen molar-refractivity contribution in [2.75, 3.05) is 12.4 Å². The molecular formula is C15H19ClFNO. The molecule has 1 amide bonds. The van der Waals surface area contributed by atoms with Gasteiger partial charge in [0.25, 0.3) is 5.91 Å². The highest BCUT2D eigenvalue weighted by molar-refractivity contribution is 6.18. The number of amides is 1. The van der Waals surface area contributed by atoms with Crippen molar-refractivity contribution in [1.29, 1.82) is 0 Å². The molecule has 0 spiro atoms. The minimum absolute atomic E-state index is 0.0246. The summed E-state index contributed by atoms with van der Waals surface area (Å²) in [7, 11) is 0. The highest BCUT2D eigenvalue weighted by Gasteiger charge is 2.27. The van der Waals surface area contributed by atoms with Gasteiger partial charge in [-0.15, -0.1) is 11.6 Å². The molecule has 1 aliphatic rings. The average molecular weight is 284 g/mol. The highest BCUT2D eigenvalue weighted by Crippen LogP contribution is 2.22. The van der Waals surface area contributed by atoms with Crippen molar-refractivity contribution in [1.82, 2.24) is 4.90 Å². The predicted octanol–water partition coefficient (Wildman–Crippen LogP) is 3.76. The summed E-state index contributed by atoms with van der Waals surface area (Å²) in [6, 6.07) is 4.67. The van der Waals surface area contributed by atoms with Gasteiger partial charge in [-0.3, -0.25) is 4.79 Å². The van der Waals surface area contributed by atoms with E-state index in [9.17, 15) is 9.18 Å². The first-order valence-corrected chi connectivity index (χ1v) is 7.30. The molecule has 1 atom stereocenters. The van der Waals surface area contributed by atoms with Crippen LogP contribution in [0, 0.1) is 12.7 Å². The van der Waals surface area contributed by atoms with Crippen molar-refractivity contribution in [3.8, 4) is 0 Å². The first-order valence-electron chi connectivity index (χ1n) is 6.76. The minimum atomic E-state index is -0.451. The zero-order valence-corrected chi connectivity index (χ0v) is 11.9. The Kier molecular flexibility index (Phi) is 4.81. The van der Waals surface area contributed by atoms with Crippen molar-refractivity contribution in [2.24, 2.45) is 0 Å². The van der Waals surface area contributed by atoms with Crippen LogP contribution in [0.4, 0.5) is 4.39 Å². The highest BCUT2D eigenvalue weighted by atomic mass is 35.5. The topological polar surface area (TPSA) is 20.3 Å². The zero-order chi connectivity index (χ0) is 13.8. The molecule has 2 rings (SSSR count). The molecule has 1 fully saturated rings. The van der Waals surface area contributed by atoms with Gasteiger partial charge in [-0.2, -0.15) is 0 Å². The standard InChI is InChI=1S/C15H19ClFNO/c1-11-6-7-14(17)13(9-11)15(19)18-8-4-2-3-5-12(18)10-16/h6-7,9,12H,2-5,8,10H2,1H3. The molecule has 1 aromatic carbocycles. The van der Waals surface area contributed by atoms with Crippen molar-refractivity contribution in [3.05, 3.63) is 35.1 Å². The predicted molar refractivity (Wildman–Crippen MR) is 75.1 cm³/mol. The summed E-state index contributed by atoms with van der Waals surface area (Å²) in [4.78, 5) is 14.3. The Bertz CT molecular complexity index is 463. The van der Waals surface area contributed by atoms with Crippen LogP contribution < -0.4 is 0 Å². The maximum atomic E-state index is 13.8. The molecule has 0 aromatic heterocycles. The van der Waals surface area contributed by atoms with Gasteiger partial charge in [0.2, 0.25) is 0 Å². The van der Waals surface area contributed by atoms with Crippen molar-refractivity contribution in [2.45, 2.75) is 38.6 Å². The number of carbonyl (C=O) groups is 1. The summed E-state index contributed by atoms with van der Waals surface area (Å²) >= 11 is 5.96.